The Morgan fingerprint density at radius 1 is 1.21 bits per heavy atom. The fourth-order valence-corrected chi connectivity index (χ4v) is 3.90. The number of hydrogen-bond donors (Lipinski definition) is 1. The van der Waals surface area contributed by atoms with Gasteiger partial charge in [0.2, 0.25) is 12.7 Å². The summed E-state index contributed by atoms with van der Waals surface area (Å²) in [5.41, 5.74) is 3.14. The number of nitrogens with one attached hydrogen (secondary N) is 1. The first-order chi connectivity index (χ1) is 14.0. The van der Waals surface area contributed by atoms with Crippen molar-refractivity contribution in [1.29, 1.82) is 0 Å². The number of aryl methyl sites for hydroxylation is 1. The Labute approximate surface area is 173 Å². The van der Waals surface area contributed by atoms with Crippen molar-refractivity contribution in [3.05, 3.63) is 53.6 Å². The largest absolute Gasteiger partial charge is 0.454 e. The van der Waals surface area contributed by atoms with Crippen molar-refractivity contribution in [2.24, 2.45) is 7.05 Å². The molecule has 0 aliphatic carbocycles. The van der Waals surface area contributed by atoms with Gasteiger partial charge in [0.25, 0.3) is 0 Å². The minimum absolute atomic E-state index is 0.0689. The van der Waals surface area contributed by atoms with Crippen molar-refractivity contribution in [1.82, 2.24) is 20.1 Å². The number of carbonyl (C=O) groups is 1. The van der Waals surface area contributed by atoms with Crippen molar-refractivity contribution in [3.63, 3.8) is 0 Å². The van der Waals surface area contributed by atoms with Gasteiger partial charge in [0.05, 0.1) is 11.8 Å². The van der Waals surface area contributed by atoms with Crippen LogP contribution in [0.3, 0.4) is 0 Å². The van der Waals surface area contributed by atoms with E-state index >= 15 is 0 Å². The Hall–Kier alpha value is -3.00. The highest BCUT2D eigenvalue weighted by Gasteiger charge is 2.18. The van der Waals surface area contributed by atoms with Gasteiger partial charge in [-0.25, -0.2) is 0 Å². The minimum Gasteiger partial charge on any atom is -0.454 e. The smallest absolute Gasteiger partial charge is 0.231 e. The maximum Gasteiger partial charge on any atom is 0.231 e. The molecule has 1 aromatic heterocycles. The summed E-state index contributed by atoms with van der Waals surface area (Å²) in [5, 5.41) is 12.3. The molecule has 29 heavy (non-hydrogen) atoms. The van der Waals surface area contributed by atoms with Gasteiger partial charge in [-0.3, -0.25) is 4.79 Å². The molecule has 1 aliphatic rings. The average molecular weight is 410 g/mol. The normalized spacial score (nSPS) is 13.3. The zero-order chi connectivity index (χ0) is 20.4. The Balaban J connectivity index is 1.37. The van der Waals surface area contributed by atoms with E-state index in [9.17, 15) is 4.79 Å². The van der Waals surface area contributed by atoms with E-state index < -0.39 is 0 Å². The highest BCUT2D eigenvalue weighted by atomic mass is 32.2. The number of carbonyl (C=O) groups excluding carboxylic acids is 1. The second kappa shape index (κ2) is 8.16. The highest BCUT2D eigenvalue weighted by molar-refractivity contribution is 7.99. The van der Waals surface area contributed by atoms with Gasteiger partial charge in [0.1, 0.15) is 0 Å². The molecule has 2 heterocycles. The van der Waals surface area contributed by atoms with Crippen LogP contribution < -0.4 is 14.8 Å². The standard InChI is InChI=1S/C21H22N4O3S/c1-13-6-4-5-7-16(13)20-23-24-21(25(20)3)29-11-19(26)22-14(2)15-8-9-17-18(10-15)28-12-27-17/h4-10,14H,11-12H2,1-3H3,(H,22,26)/t14-/m1/s1. The molecule has 0 unspecified atom stereocenters. The van der Waals surface area contributed by atoms with Crippen molar-refractivity contribution in [2.45, 2.75) is 25.0 Å². The summed E-state index contributed by atoms with van der Waals surface area (Å²) in [5.74, 6) is 2.42. The van der Waals surface area contributed by atoms with Crippen molar-refractivity contribution in [3.8, 4) is 22.9 Å². The summed E-state index contributed by atoms with van der Waals surface area (Å²) < 4.78 is 12.6. The molecule has 3 aromatic rings. The Bertz CT molecular complexity index is 1050. The van der Waals surface area contributed by atoms with Gasteiger partial charge < -0.3 is 19.4 Å². The maximum absolute atomic E-state index is 12.4. The summed E-state index contributed by atoms with van der Waals surface area (Å²) in [6, 6.07) is 13.6. The number of amides is 1. The second-order valence-corrected chi connectivity index (χ2v) is 7.81. The maximum atomic E-state index is 12.4. The molecular formula is C21H22N4O3S. The third-order valence-corrected chi connectivity index (χ3v) is 5.85. The van der Waals surface area contributed by atoms with Crippen molar-refractivity contribution < 1.29 is 14.3 Å². The highest BCUT2D eigenvalue weighted by Crippen LogP contribution is 2.34. The lowest BCUT2D eigenvalue weighted by Gasteiger charge is -2.14. The summed E-state index contributed by atoms with van der Waals surface area (Å²) >= 11 is 1.37. The van der Waals surface area contributed by atoms with Crippen LogP contribution in [0.1, 0.15) is 24.1 Å². The zero-order valence-electron chi connectivity index (χ0n) is 16.5. The number of benzene rings is 2. The van der Waals surface area contributed by atoms with Gasteiger partial charge in [-0.05, 0) is 37.1 Å². The number of thioether (sulfide) groups is 1. The van der Waals surface area contributed by atoms with E-state index in [1.807, 2.05) is 67.9 Å². The van der Waals surface area contributed by atoms with Crippen LogP contribution in [-0.4, -0.2) is 33.2 Å². The number of rotatable bonds is 6. The Morgan fingerprint density at radius 3 is 2.83 bits per heavy atom. The first-order valence-corrected chi connectivity index (χ1v) is 10.3. The van der Waals surface area contributed by atoms with Gasteiger partial charge in [-0.1, -0.05) is 42.1 Å². The molecule has 0 radical (unpaired) electrons. The summed E-state index contributed by atoms with van der Waals surface area (Å²) in [7, 11) is 1.91. The van der Waals surface area contributed by atoms with E-state index in [2.05, 4.69) is 15.5 Å². The SMILES string of the molecule is Cc1ccccc1-c1nnc(SCC(=O)N[C@H](C)c2ccc3c(c2)OCO3)n1C. The van der Waals surface area contributed by atoms with Crippen LogP contribution >= 0.6 is 11.8 Å². The fraction of sp³-hybridized carbons (Fsp3) is 0.286. The third kappa shape index (κ3) is 4.07. The summed E-state index contributed by atoms with van der Waals surface area (Å²) in [6.07, 6.45) is 0. The van der Waals surface area contributed by atoms with Crippen molar-refractivity contribution >= 4 is 17.7 Å². The molecule has 1 aliphatic heterocycles. The molecule has 1 N–H and O–H groups in total. The van der Waals surface area contributed by atoms with Crippen LogP contribution in [0.2, 0.25) is 0 Å². The van der Waals surface area contributed by atoms with E-state index in [1.165, 1.54) is 11.8 Å². The van der Waals surface area contributed by atoms with Gasteiger partial charge in [-0.2, -0.15) is 0 Å². The molecule has 4 rings (SSSR count). The molecule has 1 atom stereocenters. The molecule has 1 amide bonds. The van der Waals surface area contributed by atoms with Crippen LogP contribution in [0.4, 0.5) is 0 Å². The lowest BCUT2D eigenvalue weighted by Crippen LogP contribution is -2.28. The van der Waals surface area contributed by atoms with Gasteiger partial charge in [0, 0.05) is 12.6 Å². The molecular weight excluding hydrogens is 388 g/mol. The first-order valence-electron chi connectivity index (χ1n) is 9.30. The van der Waals surface area contributed by atoms with Crippen LogP contribution in [0.5, 0.6) is 11.5 Å². The zero-order valence-corrected chi connectivity index (χ0v) is 17.3. The Kier molecular flexibility index (Phi) is 5.44. The predicted octanol–water partition coefficient (Wildman–Crippen LogP) is 3.49. The lowest BCUT2D eigenvalue weighted by molar-refractivity contribution is -0.119. The first kappa shape index (κ1) is 19.3. The van der Waals surface area contributed by atoms with Gasteiger partial charge in [-0.15, -0.1) is 10.2 Å². The molecule has 150 valence electrons. The number of aromatic nitrogens is 3. The van der Waals surface area contributed by atoms with Crippen molar-refractivity contribution in [2.75, 3.05) is 12.5 Å². The molecule has 2 aromatic carbocycles. The predicted molar refractivity (Wildman–Crippen MR) is 111 cm³/mol. The van der Waals surface area contributed by atoms with E-state index in [1.54, 1.807) is 0 Å². The van der Waals surface area contributed by atoms with E-state index in [0.717, 1.165) is 28.3 Å². The topological polar surface area (TPSA) is 78.3 Å². The number of hydrogen-bond acceptors (Lipinski definition) is 6. The minimum atomic E-state index is -0.139. The van der Waals surface area contributed by atoms with Crippen LogP contribution in [0.15, 0.2) is 47.6 Å². The fourth-order valence-electron chi connectivity index (χ4n) is 3.18. The van der Waals surface area contributed by atoms with E-state index in [0.29, 0.717) is 10.9 Å². The molecule has 8 heteroatoms. The molecule has 7 nitrogen and oxygen atoms in total. The number of nitrogens with zero attached hydrogens (tertiary/aromatic N) is 3. The summed E-state index contributed by atoms with van der Waals surface area (Å²) in [6.45, 7) is 4.22. The number of fused-ring (bicyclic) bond motifs is 1. The third-order valence-electron chi connectivity index (χ3n) is 4.83. The number of ether oxygens (including phenoxy) is 2. The van der Waals surface area contributed by atoms with E-state index in [-0.39, 0.29) is 24.5 Å². The quantitative estimate of drug-likeness (QED) is 0.627. The molecule has 0 saturated carbocycles. The molecule has 0 fully saturated rings. The van der Waals surface area contributed by atoms with Crippen LogP contribution in [0.25, 0.3) is 11.4 Å². The Morgan fingerprint density at radius 2 is 2.00 bits per heavy atom. The molecule has 0 spiro atoms. The molecule has 0 bridgehead atoms. The van der Waals surface area contributed by atoms with E-state index in [4.69, 9.17) is 9.47 Å². The van der Waals surface area contributed by atoms with Gasteiger partial charge in [0.15, 0.2) is 22.5 Å². The monoisotopic (exact) mass is 410 g/mol. The van der Waals surface area contributed by atoms with Crippen LogP contribution in [0, 0.1) is 6.92 Å². The molecule has 0 saturated heterocycles. The second-order valence-electron chi connectivity index (χ2n) is 6.87. The van der Waals surface area contributed by atoms with Gasteiger partial charge >= 0.3 is 0 Å². The lowest BCUT2D eigenvalue weighted by atomic mass is 10.1. The summed E-state index contributed by atoms with van der Waals surface area (Å²) in [4.78, 5) is 12.4. The average Bonchev–Trinajstić information content (AvgIpc) is 3.32. The van der Waals surface area contributed by atoms with Crippen LogP contribution in [-0.2, 0) is 11.8 Å².